The van der Waals surface area contributed by atoms with Crippen LogP contribution in [0.15, 0.2) is 45.0 Å². The number of rotatable bonds is 7. The van der Waals surface area contributed by atoms with Crippen molar-refractivity contribution in [3.8, 4) is 10.4 Å². The van der Waals surface area contributed by atoms with Crippen molar-refractivity contribution in [2.24, 2.45) is 0 Å². The van der Waals surface area contributed by atoms with Gasteiger partial charge in [0.2, 0.25) is 5.91 Å². The average Bonchev–Trinajstić information content (AvgIpc) is 3.26. The number of hydrogen-bond acceptors (Lipinski definition) is 6. The van der Waals surface area contributed by atoms with Crippen molar-refractivity contribution in [1.29, 1.82) is 0 Å². The van der Waals surface area contributed by atoms with Crippen LogP contribution in [0.25, 0.3) is 20.7 Å². The fraction of sp³-hybridized carbons (Fsp3) is 0.278. The second-order valence-corrected chi connectivity index (χ2v) is 8.60. The number of hydrogen-bond donors (Lipinski definition) is 1. The second-order valence-electron chi connectivity index (χ2n) is 5.83. The molecule has 3 aromatic heterocycles. The lowest BCUT2D eigenvalue weighted by Crippen LogP contribution is -2.33. The van der Waals surface area contributed by atoms with Crippen molar-refractivity contribution in [3.63, 3.8) is 0 Å². The minimum Gasteiger partial charge on any atom is -0.338 e. The van der Waals surface area contributed by atoms with Crippen LogP contribution in [0.5, 0.6) is 0 Å². The molecule has 3 aromatic rings. The van der Waals surface area contributed by atoms with Gasteiger partial charge in [0.1, 0.15) is 4.83 Å². The second kappa shape index (κ2) is 8.20. The summed E-state index contributed by atoms with van der Waals surface area (Å²) in [6.07, 6.45) is 0. The lowest BCUT2D eigenvalue weighted by atomic mass is 10.2. The van der Waals surface area contributed by atoms with Gasteiger partial charge in [0.05, 0.1) is 11.1 Å². The molecule has 0 aromatic carbocycles. The van der Waals surface area contributed by atoms with Gasteiger partial charge in [-0.3, -0.25) is 9.59 Å². The van der Waals surface area contributed by atoms with E-state index in [2.05, 4.69) is 16.5 Å². The minimum atomic E-state index is -0.163. The Morgan fingerprint density at radius 2 is 2.23 bits per heavy atom. The molecular weight excluding hydrogens is 386 g/mol. The molecule has 8 heteroatoms. The number of nitrogens with zero attached hydrogens (tertiary/aromatic N) is 2. The number of carbonyl (C=O) groups excluding carboxylic acids is 1. The SMILES string of the molecule is C=C(C)CN(CC)C(=O)CSc1nc2scc(-c3cccs3)c2c(=O)[nH]1. The van der Waals surface area contributed by atoms with Crippen LogP contribution in [0, 0.1) is 0 Å². The van der Waals surface area contributed by atoms with E-state index < -0.39 is 0 Å². The summed E-state index contributed by atoms with van der Waals surface area (Å²) in [7, 11) is 0. The van der Waals surface area contributed by atoms with Crippen LogP contribution >= 0.6 is 34.4 Å². The number of H-pyrrole nitrogens is 1. The Morgan fingerprint density at radius 1 is 1.42 bits per heavy atom. The zero-order chi connectivity index (χ0) is 18.7. The monoisotopic (exact) mass is 405 g/mol. The fourth-order valence-electron chi connectivity index (χ4n) is 2.53. The van der Waals surface area contributed by atoms with Crippen LogP contribution in [0.2, 0.25) is 0 Å². The van der Waals surface area contributed by atoms with E-state index in [1.54, 1.807) is 16.2 Å². The smallest absolute Gasteiger partial charge is 0.260 e. The maximum Gasteiger partial charge on any atom is 0.260 e. The van der Waals surface area contributed by atoms with Crippen molar-refractivity contribution in [2.45, 2.75) is 19.0 Å². The van der Waals surface area contributed by atoms with E-state index in [4.69, 9.17) is 0 Å². The first-order valence-corrected chi connectivity index (χ1v) is 10.8. The first-order chi connectivity index (χ1) is 12.5. The normalized spacial score (nSPS) is 11.0. The van der Waals surface area contributed by atoms with Gasteiger partial charge in [-0.2, -0.15) is 0 Å². The Balaban J connectivity index is 1.79. The molecule has 0 saturated carbocycles. The van der Waals surface area contributed by atoms with Crippen molar-refractivity contribution < 1.29 is 4.79 Å². The quantitative estimate of drug-likeness (QED) is 0.363. The molecule has 26 heavy (non-hydrogen) atoms. The Hall–Kier alpha value is -1.90. The molecule has 3 heterocycles. The summed E-state index contributed by atoms with van der Waals surface area (Å²) in [6, 6.07) is 3.96. The zero-order valence-electron chi connectivity index (χ0n) is 14.6. The summed E-state index contributed by atoms with van der Waals surface area (Å²) in [4.78, 5) is 35.7. The Bertz CT molecular complexity index is 989. The Labute approximate surface area is 163 Å². The average molecular weight is 406 g/mol. The van der Waals surface area contributed by atoms with Crippen LogP contribution in [0.4, 0.5) is 0 Å². The number of aromatic amines is 1. The van der Waals surface area contributed by atoms with Gasteiger partial charge in [0.15, 0.2) is 5.16 Å². The van der Waals surface area contributed by atoms with Crippen molar-refractivity contribution in [1.82, 2.24) is 14.9 Å². The summed E-state index contributed by atoms with van der Waals surface area (Å²) in [5.41, 5.74) is 1.70. The maximum absolute atomic E-state index is 12.6. The molecule has 1 N–H and O–H groups in total. The fourth-order valence-corrected chi connectivity index (χ4v) is 5.12. The summed E-state index contributed by atoms with van der Waals surface area (Å²) in [5.74, 6) is 0.243. The Kier molecular flexibility index (Phi) is 5.95. The molecule has 0 atom stereocenters. The molecule has 3 rings (SSSR count). The number of likely N-dealkylation sites (N-methyl/N-ethyl adjacent to an activating group) is 1. The van der Waals surface area contributed by atoms with E-state index in [0.717, 1.165) is 16.0 Å². The first-order valence-electron chi connectivity index (χ1n) is 8.10. The molecule has 0 fully saturated rings. The third kappa shape index (κ3) is 4.08. The highest BCUT2D eigenvalue weighted by atomic mass is 32.2. The number of amides is 1. The molecule has 0 unspecified atom stereocenters. The van der Waals surface area contributed by atoms with E-state index in [0.29, 0.717) is 28.5 Å². The van der Waals surface area contributed by atoms with Crippen LogP contribution < -0.4 is 5.56 Å². The third-order valence-electron chi connectivity index (χ3n) is 3.74. The van der Waals surface area contributed by atoms with Crippen LogP contribution in [-0.2, 0) is 4.79 Å². The number of thioether (sulfide) groups is 1. The van der Waals surface area contributed by atoms with Gasteiger partial charge in [-0.25, -0.2) is 4.98 Å². The molecule has 5 nitrogen and oxygen atoms in total. The van der Waals surface area contributed by atoms with E-state index in [1.807, 2.05) is 36.7 Å². The number of nitrogens with one attached hydrogen (secondary N) is 1. The largest absolute Gasteiger partial charge is 0.338 e. The highest BCUT2D eigenvalue weighted by Gasteiger charge is 2.16. The van der Waals surface area contributed by atoms with Crippen LogP contribution in [0.3, 0.4) is 0 Å². The van der Waals surface area contributed by atoms with Gasteiger partial charge in [-0.05, 0) is 25.3 Å². The number of aromatic nitrogens is 2. The number of thiophene rings is 2. The topological polar surface area (TPSA) is 66.1 Å². The van der Waals surface area contributed by atoms with Crippen LogP contribution in [-0.4, -0.2) is 39.6 Å². The molecular formula is C18H19N3O2S3. The molecule has 0 saturated heterocycles. The van der Waals surface area contributed by atoms with Gasteiger partial charge in [0.25, 0.3) is 5.56 Å². The van der Waals surface area contributed by atoms with Crippen molar-refractivity contribution in [3.05, 3.63) is 45.4 Å². The summed E-state index contributed by atoms with van der Waals surface area (Å²) < 4.78 is 0. The van der Waals surface area contributed by atoms with Crippen LogP contribution in [0.1, 0.15) is 13.8 Å². The lowest BCUT2D eigenvalue weighted by Gasteiger charge is -2.20. The molecule has 0 radical (unpaired) electrons. The Morgan fingerprint density at radius 3 is 2.88 bits per heavy atom. The highest BCUT2D eigenvalue weighted by Crippen LogP contribution is 2.34. The number of carbonyl (C=O) groups is 1. The van der Waals surface area contributed by atoms with Gasteiger partial charge in [0, 0.05) is 28.9 Å². The summed E-state index contributed by atoms with van der Waals surface area (Å²) in [5, 5.41) is 5.04. The van der Waals surface area contributed by atoms with E-state index in [-0.39, 0.29) is 17.2 Å². The number of fused-ring (bicyclic) bond motifs is 1. The minimum absolute atomic E-state index is 0.00806. The van der Waals surface area contributed by atoms with E-state index in [1.165, 1.54) is 23.1 Å². The molecule has 0 aliphatic heterocycles. The predicted octanol–water partition coefficient (Wildman–Crippen LogP) is 4.23. The molecule has 0 aliphatic rings. The lowest BCUT2D eigenvalue weighted by molar-refractivity contribution is -0.127. The van der Waals surface area contributed by atoms with Gasteiger partial charge in [-0.15, -0.1) is 22.7 Å². The standard InChI is InChI=1S/C18H19N3O2S3/c1-4-21(8-11(2)3)14(22)10-26-18-19-16(23)15-12(9-25-17(15)20-18)13-6-5-7-24-13/h5-7,9H,2,4,8,10H2,1,3H3,(H,19,20,23). The van der Waals surface area contributed by atoms with Crippen molar-refractivity contribution >= 4 is 50.6 Å². The molecule has 0 aliphatic carbocycles. The van der Waals surface area contributed by atoms with Gasteiger partial charge in [-0.1, -0.05) is 30.0 Å². The molecule has 0 spiro atoms. The predicted molar refractivity (Wildman–Crippen MR) is 111 cm³/mol. The molecule has 136 valence electrons. The third-order valence-corrected chi connectivity index (χ3v) is 6.37. The summed E-state index contributed by atoms with van der Waals surface area (Å²) in [6.45, 7) is 8.87. The van der Waals surface area contributed by atoms with Crippen molar-refractivity contribution in [2.75, 3.05) is 18.8 Å². The first kappa shape index (κ1) is 18.9. The van der Waals surface area contributed by atoms with E-state index in [9.17, 15) is 9.59 Å². The van der Waals surface area contributed by atoms with Gasteiger partial charge >= 0.3 is 0 Å². The molecule has 0 bridgehead atoms. The highest BCUT2D eigenvalue weighted by molar-refractivity contribution is 7.99. The zero-order valence-corrected chi connectivity index (χ0v) is 17.0. The van der Waals surface area contributed by atoms with E-state index >= 15 is 0 Å². The summed E-state index contributed by atoms with van der Waals surface area (Å²) >= 11 is 4.30. The maximum atomic E-state index is 12.6. The van der Waals surface area contributed by atoms with Gasteiger partial charge < -0.3 is 9.88 Å². The molecule has 1 amide bonds.